The predicted molar refractivity (Wildman–Crippen MR) is 81.4 cm³/mol. The third kappa shape index (κ3) is 4.42. The summed E-state index contributed by atoms with van der Waals surface area (Å²) >= 11 is 1.72. The summed E-state index contributed by atoms with van der Waals surface area (Å²) in [4.78, 5) is 6.70. The fourth-order valence-corrected chi connectivity index (χ4v) is 2.76. The van der Waals surface area contributed by atoms with Gasteiger partial charge >= 0.3 is 0 Å². The summed E-state index contributed by atoms with van der Waals surface area (Å²) < 4.78 is 0. The molecule has 0 saturated heterocycles. The molecule has 0 saturated carbocycles. The number of hydrogen-bond acceptors (Lipinski definition) is 4. The molecule has 0 aliphatic carbocycles. The maximum Gasteiger partial charge on any atom is 0.107 e. The third-order valence-corrected chi connectivity index (χ3v) is 3.88. The number of benzene rings is 1. The van der Waals surface area contributed by atoms with Crippen molar-refractivity contribution in [2.75, 3.05) is 20.6 Å². The minimum absolute atomic E-state index is 0.334. The number of nitrogens with zero attached hydrogens (tertiary/aromatic N) is 2. The summed E-state index contributed by atoms with van der Waals surface area (Å²) in [6.45, 7) is 3.84. The summed E-state index contributed by atoms with van der Waals surface area (Å²) in [5, 5.41) is 6.85. The Labute approximate surface area is 119 Å². The second kappa shape index (κ2) is 6.80. The van der Waals surface area contributed by atoms with Gasteiger partial charge in [-0.05, 0) is 26.6 Å². The largest absolute Gasteiger partial charge is 0.308 e. The van der Waals surface area contributed by atoms with E-state index in [2.05, 4.69) is 65.0 Å². The van der Waals surface area contributed by atoms with Crippen LogP contribution in [0.1, 0.15) is 22.3 Å². The van der Waals surface area contributed by atoms with Crippen LogP contribution in [0.3, 0.4) is 0 Å². The lowest BCUT2D eigenvalue weighted by molar-refractivity contribution is 0.340. The average molecular weight is 275 g/mol. The first kappa shape index (κ1) is 14.2. The average Bonchev–Trinajstić information content (AvgIpc) is 2.81. The molecule has 0 aliphatic rings. The van der Waals surface area contributed by atoms with Crippen LogP contribution in [0.4, 0.5) is 0 Å². The van der Waals surface area contributed by atoms with Crippen molar-refractivity contribution in [3.05, 3.63) is 52.0 Å². The fourth-order valence-electron chi connectivity index (χ4n) is 2.03. The minimum Gasteiger partial charge on any atom is -0.308 e. The predicted octanol–water partition coefficient (Wildman–Crippen LogP) is 2.84. The quantitative estimate of drug-likeness (QED) is 0.878. The van der Waals surface area contributed by atoms with Gasteiger partial charge in [-0.3, -0.25) is 0 Å². The van der Waals surface area contributed by atoms with Crippen LogP contribution in [0.25, 0.3) is 0 Å². The van der Waals surface area contributed by atoms with Crippen LogP contribution in [0.15, 0.2) is 35.7 Å². The Morgan fingerprint density at radius 3 is 2.58 bits per heavy atom. The summed E-state index contributed by atoms with van der Waals surface area (Å²) in [5.74, 6) is 0. The number of aromatic nitrogens is 1. The lowest BCUT2D eigenvalue weighted by Crippen LogP contribution is -2.30. The van der Waals surface area contributed by atoms with Crippen LogP contribution in [-0.2, 0) is 6.54 Å². The zero-order chi connectivity index (χ0) is 13.7. The van der Waals surface area contributed by atoms with E-state index in [9.17, 15) is 0 Å². The van der Waals surface area contributed by atoms with Crippen LogP contribution in [0, 0.1) is 6.92 Å². The van der Waals surface area contributed by atoms with Crippen LogP contribution >= 0.6 is 11.3 Å². The van der Waals surface area contributed by atoms with Gasteiger partial charge in [0.15, 0.2) is 0 Å². The highest BCUT2D eigenvalue weighted by atomic mass is 32.1. The van der Waals surface area contributed by atoms with Gasteiger partial charge in [-0.15, -0.1) is 11.3 Å². The molecular weight excluding hydrogens is 254 g/mol. The van der Waals surface area contributed by atoms with Gasteiger partial charge in [0, 0.05) is 30.2 Å². The number of hydrogen-bond donors (Lipinski definition) is 1. The topological polar surface area (TPSA) is 28.2 Å². The zero-order valence-corrected chi connectivity index (χ0v) is 12.6. The second-order valence-electron chi connectivity index (χ2n) is 4.99. The Bertz CT molecular complexity index is 493. The standard InChI is InChI=1S/C15H21N3S/c1-12-11-19-15(17-12)9-16-14(10-18(2)3)13-7-5-4-6-8-13/h4-8,11,14,16H,9-10H2,1-3H3. The first-order valence-corrected chi connectivity index (χ1v) is 7.37. The highest BCUT2D eigenvalue weighted by Crippen LogP contribution is 2.15. The van der Waals surface area contributed by atoms with Crippen LogP contribution < -0.4 is 5.32 Å². The van der Waals surface area contributed by atoms with Crippen molar-refractivity contribution in [1.82, 2.24) is 15.2 Å². The van der Waals surface area contributed by atoms with Crippen molar-refractivity contribution < 1.29 is 0 Å². The lowest BCUT2D eigenvalue weighted by atomic mass is 10.1. The third-order valence-electron chi connectivity index (χ3n) is 2.92. The summed E-state index contributed by atoms with van der Waals surface area (Å²) in [5.41, 5.74) is 2.43. The Hall–Kier alpha value is -1.23. The van der Waals surface area contributed by atoms with Crippen molar-refractivity contribution in [3.8, 4) is 0 Å². The molecule has 1 heterocycles. The van der Waals surface area contributed by atoms with E-state index in [0.29, 0.717) is 6.04 Å². The van der Waals surface area contributed by atoms with Gasteiger partial charge in [0.05, 0.1) is 0 Å². The van der Waals surface area contributed by atoms with Crippen molar-refractivity contribution in [2.24, 2.45) is 0 Å². The Kier molecular flexibility index (Phi) is 5.07. The van der Waals surface area contributed by atoms with Crippen LogP contribution in [0.2, 0.25) is 0 Å². The molecular formula is C15H21N3S. The Balaban J connectivity index is 2.02. The number of aryl methyl sites for hydroxylation is 1. The van der Waals surface area contributed by atoms with E-state index >= 15 is 0 Å². The smallest absolute Gasteiger partial charge is 0.107 e. The first-order valence-electron chi connectivity index (χ1n) is 6.49. The molecule has 4 heteroatoms. The first-order chi connectivity index (χ1) is 9.15. The normalized spacial score (nSPS) is 12.8. The summed E-state index contributed by atoms with van der Waals surface area (Å²) in [6, 6.07) is 10.9. The van der Waals surface area contributed by atoms with E-state index in [0.717, 1.165) is 23.8 Å². The van der Waals surface area contributed by atoms with E-state index in [4.69, 9.17) is 0 Å². The number of rotatable bonds is 6. The number of thiazole rings is 1. The van der Waals surface area contributed by atoms with Crippen molar-refractivity contribution >= 4 is 11.3 Å². The Morgan fingerprint density at radius 1 is 1.26 bits per heavy atom. The van der Waals surface area contributed by atoms with Crippen molar-refractivity contribution in [2.45, 2.75) is 19.5 Å². The lowest BCUT2D eigenvalue weighted by Gasteiger charge is -2.22. The Morgan fingerprint density at radius 2 is 2.00 bits per heavy atom. The van der Waals surface area contributed by atoms with Crippen LogP contribution in [0.5, 0.6) is 0 Å². The SMILES string of the molecule is Cc1csc(CNC(CN(C)C)c2ccccc2)n1. The molecule has 1 unspecified atom stereocenters. The molecule has 102 valence electrons. The van der Waals surface area contributed by atoms with Gasteiger partial charge < -0.3 is 10.2 Å². The summed E-state index contributed by atoms with van der Waals surface area (Å²) in [7, 11) is 4.20. The number of nitrogens with one attached hydrogen (secondary N) is 1. The van der Waals surface area contributed by atoms with Crippen molar-refractivity contribution in [3.63, 3.8) is 0 Å². The molecule has 3 nitrogen and oxygen atoms in total. The molecule has 0 spiro atoms. The van der Waals surface area contributed by atoms with Gasteiger partial charge in [-0.2, -0.15) is 0 Å². The molecule has 2 rings (SSSR count). The van der Waals surface area contributed by atoms with Gasteiger partial charge in [-0.25, -0.2) is 4.98 Å². The number of likely N-dealkylation sites (N-methyl/N-ethyl adjacent to an activating group) is 1. The summed E-state index contributed by atoms with van der Waals surface area (Å²) in [6.07, 6.45) is 0. The molecule has 0 fully saturated rings. The molecule has 1 aromatic carbocycles. The molecule has 2 aromatic rings. The molecule has 0 radical (unpaired) electrons. The molecule has 1 N–H and O–H groups in total. The second-order valence-corrected chi connectivity index (χ2v) is 5.93. The minimum atomic E-state index is 0.334. The van der Waals surface area contributed by atoms with Crippen LogP contribution in [-0.4, -0.2) is 30.5 Å². The van der Waals surface area contributed by atoms with Gasteiger partial charge in [0.1, 0.15) is 5.01 Å². The van der Waals surface area contributed by atoms with Gasteiger partial charge in [0.2, 0.25) is 0 Å². The molecule has 0 bridgehead atoms. The highest BCUT2D eigenvalue weighted by Gasteiger charge is 2.12. The van der Waals surface area contributed by atoms with Crippen molar-refractivity contribution in [1.29, 1.82) is 0 Å². The van der Waals surface area contributed by atoms with Gasteiger partial charge in [0.25, 0.3) is 0 Å². The zero-order valence-electron chi connectivity index (χ0n) is 11.8. The molecule has 0 aliphatic heterocycles. The highest BCUT2D eigenvalue weighted by molar-refractivity contribution is 7.09. The molecule has 19 heavy (non-hydrogen) atoms. The maximum absolute atomic E-state index is 4.50. The molecule has 0 amide bonds. The molecule has 1 aromatic heterocycles. The van der Waals surface area contributed by atoms with E-state index in [1.165, 1.54) is 5.56 Å². The van der Waals surface area contributed by atoms with E-state index in [1.807, 2.05) is 6.92 Å². The van der Waals surface area contributed by atoms with E-state index in [1.54, 1.807) is 11.3 Å². The molecule has 1 atom stereocenters. The van der Waals surface area contributed by atoms with E-state index in [-0.39, 0.29) is 0 Å². The maximum atomic E-state index is 4.50. The van der Waals surface area contributed by atoms with E-state index < -0.39 is 0 Å². The fraction of sp³-hybridized carbons (Fsp3) is 0.400. The van der Waals surface area contributed by atoms with Gasteiger partial charge in [-0.1, -0.05) is 30.3 Å². The monoisotopic (exact) mass is 275 g/mol.